The summed E-state index contributed by atoms with van der Waals surface area (Å²) < 4.78 is 16.9. The Kier molecular flexibility index (Phi) is 54.8. The van der Waals surface area contributed by atoms with E-state index in [2.05, 4.69) is 69.4 Å². The van der Waals surface area contributed by atoms with Crippen molar-refractivity contribution >= 4 is 17.9 Å². The van der Waals surface area contributed by atoms with E-state index in [1.165, 1.54) is 180 Å². The van der Waals surface area contributed by atoms with Crippen LogP contribution in [-0.2, 0) is 28.6 Å². The fraction of sp³-hybridized carbons (Fsp3) is 0.823. The molecule has 1 unspecified atom stereocenters. The minimum absolute atomic E-state index is 0.0766. The molecule has 0 aliphatic heterocycles. The van der Waals surface area contributed by atoms with Crippen LogP contribution in [0.2, 0.25) is 0 Å². The number of hydrogen-bond donors (Lipinski definition) is 0. The minimum atomic E-state index is -0.780. The molecule has 0 aromatic rings. The highest BCUT2D eigenvalue weighted by atomic mass is 16.6. The summed E-state index contributed by atoms with van der Waals surface area (Å²) in [6.07, 6.45) is 69.6. The first-order valence-corrected chi connectivity index (χ1v) is 29.6. The van der Waals surface area contributed by atoms with Crippen LogP contribution in [-0.4, -0.2) is 37.2 Å². The summed E-state index contributed by atoms with van der Waals surface area (Å²) in [7, 11) is 0. The summed E-state index contributed by atoms with van der Waals surface area (Å²) in [4.78, 5) is 38.2. The van der Waals surface area contributed by atoms with Crippen LogP contribution in [0.3, 0.4) is 0 Å². The summed E-state index contributed by atoms with van der Waals surface area (Å²) in [5.74, 6) is -0.878. The molecule has 68 heavy (non-hydrogen) atoms. The van der Waals surface area contributed by atoms with E-state index in [9.17, 15) is 14.4 Å². The molecular formula is C62H112O6. The standard InChI is InChI=1S/C62H112O6/c1-4-7-10-13-16-19-22-25-28-30-31-32-35-37-40-43-46-49-52-55-61(64)67-58-59(57-66-60(63)54-51-48-45-42-39-36-33-27-24-21-18-15-12-9-6-3)68-62(65)56-53-50-47-44-41-38-34-29-26-23-20-17-14-11-8-5-2/h8,11,17,20-21,24,26,29,59H,4-7,9-10,12-16,18-19,22-23,25,27-28,30-58H2,1-3H3/b11-8-,20-17-,24-21-,29-26-. The number of carbonyl (C=O) groups excluding carboxylic acids is 3. The summed E-state index contributed by atoms with van der Waals surface area (Å²) in [5, 5.41) is 0. The Labute approximate surface area is 422 Å². The minimum Gasteiger partial charge on any atom is -0.462 e. The predicted octanol–water partition coefficient (Wildman–Crippen LogP) is 19.8. The first-order chi connectivity index (χ1) is 33.5. The van der Waals surface area contributed by atoms with Gasteiger partial charge in [-0.15, -0.1) is 0 Å². The largest absolute Gasteiger partial charge is 0.462 e. The van der Waals surface area contributed by atoms with Gasteiger partial charge in [-0.25, -0.2) is 0 Å². The van der Waals surface area contributed by atoms with Crippen molar-refractivity contribution in [2.75, 3.05) is 13.2 Å². The van der Waals surface area contributed by atoms with Gasteiger partial charge >= 0.3 is 17.9 Å². The smallest absolute Gasteiger partial charge is 0.306 e. The van der Waals surface area contributed by atoms with Gasteiger partial charge in [0.2, 0.25) is 0 Å². The molecule has 0 N–H and O–H groups in total. The SMILES string of the molecule is CC/C=C\C/C=C\C/C=C\CCCCCCCCC(=O)OC(COC(=O)CCCCCCCCC/C=C\CCCCCC)COC(=O)CCCCCCCCCCCCCCCCCCCCC. The number of hydrogen-bond acceptors (Lipinski definition) is 6. The zero-order valence-corrected chi connectivity index (χ0v) is 45.4. The summed E-state index contributed by atoms with van der Waals surface area (Å²) in [5.41, 5.74) is 0. The fourth-order valence-corrected chi connectivity index (χ4v) is 8.63. The first kappa shape index (κ1) is 65.4. The van der Waals surface area contributed by atoms with E-state index in [0.29, 0.717) is 19.3 Å². The quantitative estimate of drug-likeness (QED) is 0.0262. The molecule has 1 atom stereocenters. The van der Waals surface area contributed by atoms with Gasteiger partial charge in [0.1, 0.15) is 13.2 Å². The molecule has 0 amide bonds. The zero-order valence-electron chi connectivity index (χ0n) is 45.4. The monoisotopic (exact) mass is 953 g/mol. The summed E-state index contributed by atoms with van der Waals surface area (Å²) in [6, 6.07) is 0. The highest BCUT2D eigenvalue weighted by molar-refractivity contribution is 5.71. The van der Waals surface area contributed by atoms with Crippen LogP contribution in [0, 0.1) is 0 Å². The molecule has 0 radical (unpaired) electrons. The molecule has 0 bridgehead atoms. The molecule has 6 heteroatoms. The van der Waals surface area contributed by atoms with Crippen LogP contribution in [0.1, 0.15) is 310 Å². The Morgan fingerprint density at radius 2 is 0.574 bits per heavy atom. The molecular weight excluding hydrogens is 841 g/mol. The van der Waals surface area contributed by atoms with Crippen LogP contribution in [0.25, 0.3) is 0 Å². The molecule has 0 rings (SSSR count). The molecule has 0 aromatic heterocycles. The molecule has 0 saturated carbocycles. The van der Waals surface area contributed by atoms with E-state index in [4.69, 9.17) is 14.2 Å². The van der Waals surface area contributed by atoms with Crippen molar-refractivity contribution in [1.29, 1.82) is 0 Å². The number of allylic oxidation sites excluding steroid dienone is 8. The van der Waals surface area contributed by atoms with Gasteiger partial charge in [-0.3, -0.25) is 14.4 Å². The van der Waals surface area contributed by atoms with Crippen molar-refractivity contribution in [3.63, 3.8) is 0 Å². The highest BCUT2D eigenvalue weighted by Gasteiger charge is 2.19. The lowest BCUT2D eigenvalue weighted by atomic mass is 10.0. The Hall–Kier alpha value is -2.63. The number of ether oxygens (including phenoxy) is 3. The van der Waals surface area contributed by atoms with Gasteiger partial charge in [0.05, 0.1) is 0 Å². The molecule has 0 fully saturated rings. The molecule has 396 valence electrons. The predicted molar refractivity (Wildman–Crippen MR) is 293 cm³/mol. The van der Waals surface area contributed by atoms with Gasteiger partial charge in [0.25, 0.3) is 0 Å². The lowest BCUT2D eigenvalue weighted by Crippen LogP contribution is -2.30. The van der Waals surface area contributed by atoms with Crippen molar-refractivity contribution in [1.82, 2.24) is 0 Å². The second-order valence-electron chi connectivity index (χ2n) is 19.9. The van der Waals surface area contributed by atoms with E-state index < -0.39 is 6.10 Å². The normalized spacial score (nSPS) is 12.3. The Morgan fingerprint density at radius 1 is 0.309 bits per heavy atom. The number of carbonyl (C=O) groups is 3. The maximum Gasteiger partial charge on any atom is 0.306 e. The van der Waals surface area contributed by atoms with E-state index in [1.54, 1.807) is 0 Å². The van der Waals surface area contributed by atoms with Crippen molar-refractivity contribution in [2.24, 2.45) is 0 Å². The van der Waals surface area contributed by atoms with E-state index in [-0.39, 0.29) is 31.1 Å². The molecule has 0 aliphatic rings. The highest BCUT2D eigenvalue weighted by Crippen LogP contribution is 2.17. The average Bonchev–Trinajstić information content (AvgIpc) is 3.34. The molecule has 0 heterocycles. The Bertz CT molecular complexity index is 1190. The van der Waals surface area contributed by atoms with Crippen LogP contribution < -0.4 is 0 Å². The second-order valence-corrected chi connectivity index (χ2v) is 19.9. The van der Waals surface area contributed by atoms with Gasteiger partial charge in [-0.2, -0.15) is 0 Å². The van der Waals surface area contributed by atoms with Crippen molar-refractivity contribution in [3.8, 4) is 0 Å². The Balaban J connectivity index is 4.35. The van der Waals surface area contributed by atoms with Gasteiger partial charge in [-0.05, 0) is 77.0 Å². The third-order valence-corrected chi connectivity index (χ3v) is 13.1. The fourth-order valence-electron chi connectivity index (χ4n) is 8.63. The van der Waals surface area contributed by atoms with Gasteiger partial charge in [-0.1, -0.05) is 262 Å². The van der Waals surface area contributed by atoms with Gasteiger partial charge < -0.3 is 14.2 Å². The van der Waals surface area contributed by atoms with Crippen LogP contribution in [0.15, 0.2) is 48.6 Å². The molecule has 0 spiro atoms. The van der Waals surface area contributed by atoms with Crippen molar-refractivity contribution < 1.29 is 28.6 Å². The number of esters is 3. The summed E-state index contributed by atoms with van der Waals surface area (Å²) >= 11 is 0. The van der Waals surface area contributed by atoms with Gasteiger partial charge in [0, 0.05) is 19.3 Å². The topological polar surface area (TPSA) is 78.9 Å². The second kappa shape index (κ2) is 57.0. The zero-order chi connectivity index (χ0) is 49.3. The van der Waals surface area contributed by atoms with E-state index >= 15 is 0 Å². The van der Waals surface area contributed by atoms with E-state index in [0.717, 1.165) is 89.9 Å². The maximum atomic E-state index is 12.9. The van der Waals surface area contributed by atoms with E-state index in [1.807, 2.05) is 0 Å². The lowest BCUT2D eigenvalue weighted by Gasteiger charge is -2.18. The van der Waals surface area contributed by atoms with Crippen molar-refractivity contribution in [2.45, 2.75) is 316 Å². The lowest BCUT2D eigenvalue weighted by molar-refractivity contribution is -0.167. The maximum absolute atomic E-state index is 12.9. The van der Waals surface area contributed by atoms with Gasteiger partial charge in [0.15, 0.2) is 6.10 Å². The molecule has 0 aromatic carbocycles. The molecule has 0 aliphatic carbocycles. The average molecular weight is 954 g/mol. The third-order valence-electron chi connectivity index (χ3n) is 13.1. The van der Waals surface area contributed by atoms with Crippen molar-refractivity contribution in [3.05, 3.63) is 48.6 Å². The molecule has 6 nitrogen and oxygen atoms in total. The third kappa shape index (κ3) is 54.3. The Morgan fingerprint density at radius 3 is 0.926 bits per heavy atom. The molecule has 0 saturated heterocycles. The summed E-state index contributed by atoms with van der Waals surface area (Å²) in [6.45, 7) is 6.55. The number of unbranched alkanes of at least 4 members (excludes halogenated alkanes) is 35. The van der Waals surface area contributed by atoms with Crippen LogP contribution >= 0.6 is 0 Å². The van der Waals surface area contributed by atoms with Crippen LogP contribution in [0.5, 0.6) is 0 Å². The number of rotatable bonds is 54. The van der Waals surface area contributed by atoms with Crippen LogP contribution in [0.4, 0.5) is 0 Å². The first-order valence-electron chi connectivity index (χ1n) is 29.6.